The lowest BCUT2D eigenvalue weighted by molar-refractivity contribution is -0.385. The van der Waals surface area contributed by atoms with Gasteiger partial charge in [-0.1, -0.05) is 12.1 Å². The Kier molecular flexibility index (Phi) is 5.67. The lowest BCUT2D eigenvalue weighted by Crippen LogP contribution is -2.32. The van der Waals surface area contributed by atoms with E-state index in [1.165, 1.54) is 42.5 Å². The van der Waals surface area contributed by atoms with E-state index < -0.39 is 21.7 Å². The predicted octanol–water partition coefficient (Wildman–Crippen LogP) is 1.59. The van der Waals surface area contributed by atoms with Crippen molar-refractivity contribution in [2.24, 2.45) is 5.10 Å². The van der Waals surface area contributed by atoms with E-state index in [0.29, 0.717) is 0 Å². The summed E-state index contributed by atoms with van der Waals surface area (Å²) in [4.78, 5) is 43.5. The molecule has 0 aromatic heterocycles. The zero-order valence-corrected chi connectivity index (χ0v) is 13.0. The van der Waals surface area contributed by atoms with E-state index in [1.54, 1.807) is 6.07 Å². The monoisotopic (exact) mass is 357 g/mol. The normalized spacial score (nSPS) is 10.3. The molecule has 0 fully saturated rings. The number of hydrogen-bond acceptors (Lipinski definition) is 7. The largest absolute Gasteiger partial charge is 0.329 e. The van der Waals surface area contributed by atoms with Gasteiger partial charge in [0, 0.05) is 23.9 Å². The minimum absolute atomic E-state index is 0.147. The molecule has 2 rings (SSSR count). The van der Waals surface area contributed by atoms with Gasteiger partial charge in [-0.25, -0.2) is 5.43 Å². The fourth-order valence-corrected chi connectivity index (χ4v) is 1.83. The van der Waals surface area contributed by atoms with Gasteiger partial charge >= 0.3 is 11.8 Å². The number of amides is 2. The Morgan fingerprint density at radius 2 is 1.58 bits per heavy atom. The molecule has 0 aliphatic carbocycles. The third-order valence-electron chi connectivity index (χ3n) is 3.05. The van der Waals surface area contributed by atoms with E-state index in [9.17, 15) is 29.8 Å². The molecule has 11 heteroatoms. The maximum absolute atomic E-state index is 11.7. The average Bonchev–Trinajstić information content (AvgIpc) is 2.62. The minimum Gasteiger partial charge on any atom is -0.318 e. The Morgan fingerprint density at radius 1 is 0.923 bits per heavy atom. The van der Waals surface area contributed by atoms with Crippen LogP contribution in [-0.4, -0.2) is 27.9 Å². The van der Waals surface area contributed by atoms with Crippen molar-refractivity contribution in [2.45, 2.75) is 0 Å². The minimum atomic E-state index is -1.11. The molecule has 0 atom stereocenters. The first kappa shape index (κ1) is 18.2. The number of carbonyl (C=O) groups excluding carboxylic acids is 2. The van der Waals surface area contributed by atoms with Crippen LogP contribution in [0.1, 0.15) is 5.56 Å². The number of nitrogens with zero attached hydrogens (tertiary/aromatic N) is 3. The highest BCUT2D eigenvalue weighted by atomic mass is 16.6. The van der Waals surface area contributed by atoms with Crippen LogP contribution in [-0.2, 0) is 9.59 Å². The lowest BCUT2D eigenvalue weighted by Gasteiger charge is -2.03. The zero-order chi connectivity index (χ0) is 19.1. The molecule has 0 saturated carbocycles. The summed E-state index contributed by atoms with van der Waals surface area (Å²) in [5.74, 6) is -2.17. The van der Waals surface area contributed by atoms with Crippen LogP contribution in [0.25, 0.3) is 0 Å². The second-order valence-corrected chi connectivity index (χ2v) is 4.77. The topological polar surface area (TPSA) is 157 Å². The third-order valence-corrected chi connectivity index (χ3v) is 3.05. The number of rotatable bonds is 5. The molecule has 0 aliphatic rings. The number of non-ortho nitro benzene ring substituents is 1. The van der Waals surface area contributed by atoms with Gasteiger partial charge in [-0.2, -0.15) is 5.10 Å². The van der Waals surface area contributed by atoms with E-state index in [1.807, 2.05) is 5.43 Å². The van der Waals surface area contributed by atoms with Crippen LogP contribution < -0.4 is 10.7 Å². The highest BCUT2D eigenvalue weighted by molar-refractivity contribution is 6.39. The van der Waals surface area contributed by atoms with Crippen LogP contribution >= 0.6 is 0 Å². The van der Waals surface area contributed by atoms with Gasteiger partial charge in [0.2, 0.25) is 0 Å². The van der Waals surface area contributed by atoms with Crippen LogP contribution in [0.5, 0.6) is 0 Å². The van der Waals surface area contributed by atoms with E-state index in [0.717, 1.165) is 6.21 Å². The van der Waals surface area contributed by atoms with Gasteiger partial charge in [0.15, 0.2) is 0 Å². The predicted molar refractivity (Wildman–Crippen MR) is 90.6 cm³/mol. The van der Waals surface area contributed by atoms with Crippen LogP contribution in [0.2, 0.25) is 0 Å². The first-order valence-electron chi connectivity index (χ1n) is 7.00. The summed E-state index contributed by atoms with van der Waals surface area (Å²) < 4.78 is 0. The molecule has 0 spiro atoms. The molecule has 0 heterocycles. The maximum atomic E-state index is 11.7. The molecule has 2 N–H and O–H groups in total. The Labute approximate surface area is 145 Å². The number of para-hydroxylation sites is 1. The van der Waals surface area contributed by atoms with E-state index in [2.05, 4.69) is 10.4 Å². The molecule has 0 aliphatic heterocycles. The SMILES string of the molecule is O=C(N/N=C\c1ccccc1[N+](=O)[O-])C(=O)Nc1ccc([N+](=O)[O-])cc1. The van der Waals surface area contributed by atoms with Crippen LogP contribution in [0, 0.1) is 20.2 Å². The summed E-state index contributed by atoms with van der Waals surface area (Å²) in [6, 6.07) is 10.6. The highest BCUT2D eigenvalue weighted by Crippen LogP contribution is 2.16. The molecule has 2 amide bonds. The number of anilines is 1. The summed E-state index contributed by atoms with van der Waals surface area (Å²) >= 11 is 0. The summed E-state index contributed by atoms with van der Waals surface area (Å²) in [7, 11) is 0. The zero-order valence-electron chi connectivity index (χ0n) is 13.0. The van der Waals surface area contributed by atoms with E-state index >= 15 is 0 Å². The second-order valence-electron chi connectivity index (χ2n) is 4.77. The molecule has 2 aromatic rings. The summed E-state index contributed by atoms with van der Waals surface area (Å²) in [6.45, 7) is 0. The van der Waals surface area contributed by atoms with Gasteiger partial charge in [-0.15, -0.1) is 0 Å². The molecule has 11 nitrogen and oxygen atoms in total. The van der Waals surface area contributed by atoms with Gasteiger partial charge in [0.25, 0.3) is 11.4 Å². The van der Waals surface area contributed by atoms with Crippen molar-refractivity contribution in [1.29, 1.82) is 0 Å². The van der Waals surface area contributed by atoms with Crippen molar-refractivity contribution in [3.63, 3.8) is 0 Å². The van der Waals surface area contributed by atoms with Crippen molar-refractivity contribution < 1.29 is 19.4 Å². The van der Waals surface area contributed by atoms with Crippen LogP contribution in [0.15, 0.2) is 53.6 Å². The second kappa shape index (κ2) is 8.10. The molecule has 0 radical (unpaired) electrons. The quantitative estimate of drug-likeness (QED) is 0.358. The van der Waals surface area contributed by atoms with E-state index in [-0.39, 0.29) is 22.6 Å². The highest BCUT2D eigenvalue weighted by Gasteiger charge is 2.14. The fraction of sp³-hybridized carbons (Fsp3) is 0. The van der Waals surface area contributed by atoms with Crippen molar-refractivity contribution in [3.8, 4) is 0 Å². The molecule has 26 heavy (non-hydrogen) atoms. The third kappa shape index (κ3) is 4.67. The number of carbonyl (C=O) groups is 2. The smallest absolute Gasteiger partial charge is 0.318 e. The Bertz CT molecular complexity index is 894. The molecular formula is C15H11N5O6. The number of benzene rings is 2. The van der Waals surface area contributed by atoms with Crippen molar-refractivity contribution >= 4 is 35.1 Å². The summed E-state index contributed by atoms with van der Waals surface area (Å²) in [5, 5.41) is 27.1. The molecule has 0 unspecified atom stereocenters. The number of nitro groups is 2. The summed E-state index contributed by atoms with van der Waals surface area (Å²) in [5.41, 5.74) is 1.89. The van der Waals surface area contributed by atoms with Crippen LogP contribution in [0.4, 0.5) is 17.1 Å². The Morgan fingerprint density at radius 3 is 2.19 bits per heavy atom. The number of hydrogen-bond donors (Lipinski definition) is 2. The van der Waals surface area contributed by atoms with Gasteiger partial charge in [0.1, 0.15) is 0 Å². The Balaban J connectivity index is 1.96. The van der Waals surface area contributed by atoms with Gasteiger partial charge in [-0.05, 0) is 18.2 Å². The summed E-state index contributed by atoms with van der Waals surface area (Å²) in [6.07, 6.45) is 1.04. The maximum Gasteiger partial charge on any atom is 0.329 e. The molecule has 0 bridgehead atoms. The van der Waals surface area contributed by atoms with E-state index in [4.69, 9.17) is 0 Å². The van der Waals surface area contributed by atoms with Crippen molar-refractivity contribution in [1.82, 2.24) is 5.43 Å². The van der Waals surface area contributed by atoms with Gasteiger partial charge in [0.05, 0.1) is 21.6 Å². The standard InChI is InChI=1S/C15H11N5O6/c21-14(17-11-5-7-12(8-6-11)19(23)24)15(22)18-16-9-10-3-1-2-4-13(10)20(25)26/h1-9H,(H,17,21)(H,18,22)/b16-9-. The Hall–Kier alpha value is -4.15. The number of nitro benzene ring substituents is 2. The first-order chi connectivity index (χ1) is 12.4. The fourth-order valence-electron chi connectivity index (χ4n) is 1.83. The average molecular weight is 357 g/mol. The number of nitrogens with one attached hydrogen (secondary N) is 2. The molecular weight excluding hydrogens is 346 g/mol. The van der Waals surface area contributed by atoms with Crippen LogP contribution in [0.3, 0.4) is 0 Å². The van der Waals surface area contributed by atoms with Gasteiger partial charge < -0.3 is 5.32 Å². The van der Waals surface area contributed by atoms with Crippen molar-refractivity contribution in [2.75, 3.05) is 5.32 Å². The number of hydrazone groups is 1. The van der Waals surface area contributed by atoms with Gasteiger partial charge in [-0.3, -0.25) is 29.8 Å². The molecule has 132 valence electrons. The molecule has 0 saturated heterocycles. The van der Waals surface area contributed by atoms with Crippen molar-refractivity contribution in [3.05, 3.63) is 74.3 Å². The first-order valence-corrected chi connectivity index (χ1v) is 7.00. The lowest BCUT2D eigenvalue weighted by atomic mass is 10.2. The molecule has 2 aromatic carbocycles.